The SMILES string of the molecule is O=C(COC(=O)/C=C/c1ccc([N+](=O)[O-])cc1)Nc1ccc(Cl)cc1[N+](=O)[O-]. The maximum atomic E-state index is 11.8. The largest absolute Gasteiger partial charge is 0.452 e. The number of benzene rings is 2. The zero-order valence-electron chi connectivity index (χ0n) is 14.0. The topological polar surface area (TPSA) is 142 Å². The van der Waals surface area contributed by atoms with E-state index in [0.29, 0.717) is 5.56 Å². The third-order valence-corrected chi connectivity index (χ3v) is 3.53. The fourth-order valence-corrected chi connectivity index (χ4v) is 2.17. The number of rotatable bonds is 7. The Kier molecular flexibility index (Phi) is 6.77. The summed E-state index contributed by atoms with van der Waals surface area (Å²) < 4.78 is 4.74. The van der Waals surface area contributed by atoms with Crippen molar-refractivity contribution in [2.24, 2.45) is 0 Å². The zero-order chi connectivity index (χ0) is 20.7. The lowest BCUT2D eigenvalue weighted by Crippen LogP contribution is -2.20. The van der Waals surface area contributed by atoms with Gasteiger partial charge in [-0.15, -0.1) is 0 Å². The smallest absolute Gasteiger partial charge is 0.331 e. The molecule has 0 heterocycles. The van der Waals surface area contributed by atoms with Crippen molar-refractivity contribution in [3.05, 3.63) is 79.4 Å². The summed E-state index contributed by atoms with van der Waals surface area (Å²) in [5.74, 6) is -1.61. The normalized spacial score (nSPS) is 10.5. The van der Waals surface area contributed by atoms with Crippen LogP contribution in [-0.2, 0) is 14.3 Å². The lowest BCUT2D eigenvalue weighted by molar-refractivity contribution is -0.384. The van der Waals surface area contributed by atoms with Gasteiger partial charge in [-0.1, -0.05) is 11.6 Å². The van der Waals surface area contributed by atoms with Gasteiger partial charge in [0.1, 0.15) is 5.69 Å². The minimum Gasteiger partial charge on any atom is -0.452 e. The lowest BCUT2D eigenvalue weighted by Gasteiger charge is -2.06. The molecule has 0 aliphatic carbocycles. The molecule has 2 aromatic carbocycles. The summed E-state index contributed by atoms with van der Waals surface area (Å²) in [4.78, 5) is 43.7. The van der Waals surface area contributed by atoms with Crippen molar-refractivity contribution < 1.29 is 24.2 Å². The Morgan fingerprint density at radius 1 is 1.07 bits per heavy atom. The summed E-state index contributed by atoms with van der Waals surface area (Å²) in [6.07, 6.45) is 2.40. The average Bonchev–Trinajstić information content (AvgIpc) is 2.66. The van der Waals surface area contributed by atoms with E-state index in [4.69, 9.17) is 16.3 Å². The van der Waals surface area contributed by atoms with Gasteiger partial charge in [0.25, 0.3) is 17.3 Å². The Morgan fingerprint density at radius 2 is 1.75 bits per heavy atom. The number of amides is 1. The van der Waals surface area contributed by atoms with Crippen LogP contribution in [0.4, 0.5) is 17.1 Å². The summed E-state index contributed by atoms with van der Waals surface area (Å²) in [5, 5.41) is 23.9. The molecule has 0 aliphatic rings. The van der Waals surface area contributed by atoms with Crippen molar-refractivity contribution in [2.45, 2.75) is 0 Å². The second-order valence-corrected chi connectivity index (χ2v) is 5.69. The molecule has 0 radical (unpaired) electrons. The number of non-ortho nitro benzene ring substituents is 1. The first-order valence-corrected chi connectivity index (χ1v) is 7.97. The van der Waals surface area contributed by atoms with Crippen molar-refractivity contribution in [1.82, 2.24) is 0 Å². The third-order valence-electron chi connectivity index (χ3n) is 3.29. The number of nitro groups is 2. The van der Waals surface area contributed by atoms with Crippen LogP contribution in [0.15, 0.2) is 48.5 Å². The maximum Gasteiger partial charge on any atom is 0.331 e. The molecule has 0 aliphatic heterocycles. The van der Waals surface area contributed by atoms with Gasteiger partial charge in [0.2, 0.25) is 0 Å². The van der Waals surface area contributed by atoms with Crippen LogP contribution in [-0.4, -0.2) is 28.3 Å². The standard InChI is InChI=1S/C17H12ClN3O7/c18-12-4-7-14(15(9-12)21(26)27)19-16(22)10-28-17(23)8-3-11-1-5-13(6-2-11)20(24)25/h1-9H,10H2,(H,19,22)/b8-3+. The van der Waals surface area contributed by atoms with Gasteiger partial charge < -0.3 is 10.1 Å². The van der Waals surface area contributed by atoms with E-state index in [1.807, 2.05) is 0 Å². The molecule has 0 spiro atoms. The lowest BCUT2D eigenvalue weighted by atomic mass is 10.2. The van der Waals surface area contributed by atoms with E-state index in [-0.39, 0.29) is 16.4 Å². The molecule has 2 aromatic rings. The minimum atomic E-state index is -0.834. The molecule has 1 N–H and O–H groups in total. The molecule has 144 valence electrons. The van der Waals surface area contributed by atoms with Gasteiger partial charge >= 0.3 is 5.97 Å². The summed E-state index contributed by atoms with van der Waals surface area (Å²) in [5.41, 5.74) is -0.0569. The molecule has 0 fully saturated rings. The highest BCUT2D eigenvalue weighted by Gasteiger charge is 2.17. The molecule has 2 rings (SSSR count). The summed E-state index contributed by atoms with van der Waals surface area (Å²) in [6, 6.07) is 9.13. The minimum absolute atomic E-state index is 0.0862. The van der Waals surface area contributed by atoms with Gasteiger partial charge in [-0.05, 0) is 35.9 Å². The van der Waals surface area contributed by atoms with Gasteiger partial charge in [-0.3, -0.25) is 25.0 Å². The number of esters is 1. The van der Waals surface area contributed by atoms with Crippen molar-refractivity contribution in [2.75, 3.05) is 11.9 Å². The number of hydrogen-bond donors (Lipinski definition) is 1. The number of nitrogens with zero attached hydrogens (tertiary/aromatic N) is 2. The first kappa shape index (κ1) is 20.5. The molecule has 0 atom stereocenters. The van der Waals surface area contributed by atoms with Crippen LogP contribution >= 0.6 is 11.6 Å². The average molecular weight is 406 g/mol. The van der Waals surface area contributed by atoms with Crippen LogP contribution < -0.4 is 5.32 Å². The first-order valence-electron chi connectivity index (χ1n) is 7.59. The second-order valence-electron chi connectivity index (χ2n) is 5.26. The highest BCUT2D eigenvalue weighted by Crippen LogP contribution is 2.27. The van der Waals surface area contributed by atoms with Gasteiger partial charge in [0, 0.05) is 29.3 Å². The monoisotopic (exact) mass is 405 g/mol. The number of carbonyl (C=O) groups is 2. The van der Waals surface area contributed by atoms with E-state index >= 15 is 0 Å². The molecule has 0 unspecified atom stereocenters. The molecule has 0 saturated carbocycles. The Balaban J connectivity index is 1.89. The molecule has 10 nitrogen and oxygen atoms in total. The number of nitro benzene ring substituents is 2. The van der Waals surface area contributed by atoms with Crippen molar-refractivity contribution in [3.8, 4) is 0 Å². The number of anilines is 1. The van der Waals surface area contributed by atoms with Crippen LogP contribution in [0.2, 0.25) is 5.02 Å². The molecule has 0 bridgehead atoms. The van der Waals surface area contributed by atoms with Gasteiger partial charge in [-0.25, -0.2) is 4.79 Å². The van der Waals surface area contributed by atoms with Crippen LogP contribution in [0.25, 0.3) is 6.08 Å². The summed E-state index contributed by atoms with van der Waals surface area (Å²) in [6.45, 7) is -0.663. The number of hydrogen-bond acceptors (Lipinski definition) is 7. The molecule has 1 amide bonds. The Morgan fingerprint density at radius 3 is 2.36 bits per heavy atom. The van der Waals surface area contributed by atoms with E-state index in [1.54, 1.807) is 0 Å². The molecule has 0 saturated heterocycles. The quantitative estimate of drug-likeness (QED) is 0.322. The first-order chi connectivity index (χ1) is 13.3. The van der Waals surface area contributed by atoms with E-state index in [0.717, 1.165) is 12.1 Å². The van der Waals surface area contributed by atoms with E-state index in [1.165, 1.54) is 42.5 Å². The Labute approximate surface area is 162 Å². The number of ether oxygens (including phenoxy) is 1. The zero-order valence-corrected chi connectivity index (χ0v) is 14.8. The van der Waals surface area contributed by atoms with Crippen molar-refractivity contribution in [1.29, 1.82) is 0 Å². The Bertz CT molecular complexity index is 958. The van der Waals surface area contributed by atoms with Crippen molar-refractivity contribution in [3.63, 3.8) is 0 Å². The fourth-order valence-electron chi connectivity index (χ4n) is 2.00. The molecule has 28 heavy (non-hydrogen) atoms. The highest BCUT2D eigenvalue weighted by molar-refractivity contribution is 6.31. The third kappa shape index (κ3) is 5.88. The number of carbonyl (C=O) groups excluding carboxylic acids is 2. The molecule has 0 aromatic heterocycles. The van der Waals surface area contributed by atoms with E-state index in [9.17, 15) is 29.8 Å². The van der Waals surface area contributed by atoms with Crippen molar-refractivity contribution >= 4 is 46.6 Å². The highest BCUT2D eigenvalue weighted by atomic mass is 35.5. The Hall–Kier alpha value is -3.79. The summed E-state index contributed by atoms with van der Waals surface area (Å²) >= 11 is 5.68. The second kappa shape index (κ2) is 9.24. The predicted molar refractivity (Wildman–Crippen MR) is 99.8 cm³/mol. The van der Waals surface area contributed by atoms with E-state index in [2.05, 4.69) is 5.32 Å². The number of halogens is 1. The van der Waals surface area contributed by atoms with Crippen LogP contribution in [0, 0.1) is 20.2 Å². The predicted octanol–water partition coefficient (Wildman–Crippen LogP) is 3.35. The number of nitrogens with one attached hydrogen (secondary N) is 1. The van der Waals surface area contributed by atoms with Crippen LogP contribution in [0.3, 0.4) is 0 Å². The molecular weight excluding hydrogens is 394 g/mol. The van der Waals surface area contributed by atoms with Crippen LogP contribution in [0.1, 0.15) is 5.56 Å². The fraction of sp³-hybridized carbons (Fsp3) is 0.0588. The summed E-state index contributed by atoms with van der Waals surface area (Å²) in [7, 11) is 0. The van der Waals surface area contributed by atoms with Gasteiger partial charge in [0.15, 0.2) is 6.61 Å². The maximum absolute atomic E-state index is 11.8. The molecular formula is C17H12ClN3O7. The van der Waals surface area contributed by atoms with Gasteiger partial charge in [0.05, 0.1) is 9.85 Å². The van der Waals surface area contributed by atoms with Crippen LogP contribution in [0.5, 0.6) is 0 Å². The molecule has 11 heteroatoms. The van der Waals surface area contributed by atoms with E-state index < -0.39 is 34.0 Å². The van der Waals surface area contributed by atoms with Gasteiger partial charge in [-0.2, -0.15) is 0 Å².